The first-order valence-electron chi connectivity index (χ1n) is 12.9. The highest BCUT2D eigenvalue weighted by atomic mass is 35.5. The zero-order valence-electron chi connectivity index (χ0n) is 22.9. The van der Waals surface area contributed by atoms with Gasteiger partial charge in [-0.2, -0.15) is 0 Å². The lowest BCUT2D eigenvalue weighted by Crippen LogP contribution is -2.49. The number of nitrogens with one attached hydrogen (secondary N) is 2. The van der Waals surface area contributed by atoms with Gasteiger partial charge in [0.1, 0.15) is 24.2 Å². The average Bonchev–Trinajstić information content (AvgIpc) is 2.88. The van der Waals surface area contributed by atoms with Gasteiger partial charge >= 0.3 is 11.9 Å². The normalized spacial score (nSPS) is 25.1. The van der Waals surface area contributed by atoms with Crippen LogP contribution in [0.15, 0.2) is 30.4 Å². The van der Waals surface area contributed by atoms with Crippen LogP contribution in [0.5, 0.6) is 5.75 Å². The van der Waals surface area contributed by atoms with Crippen molar-refractivity contribution >= 4 is 41.6 Å². The third-order valence-corrected chi connectivity index (χ3v) is 6.48. The number of cyclic esters (lactones) is 2. The minimum atomic E-state index is -1.18. The maximum atomic E-state index is 13.1. The molecule has 11 heteroatoms. The molecule has 0 aromatic heterocycles. The fourth-order valence-electron chi connectivity index (χ4n) is 3.83. The first-order valence-corrected chi connectivity index (χ1v) is 13.3. The van der Waals surface area contributed by atoms with E-state index in [9.17, 15) is 24.0 Å². The Kier molecular flexibility index (Phi) is 12.4. The summed E-state index contributed by atoms with van der Waals surface area (Å²) in [6, 6.07) is 4.05. The van der Waals surface area contributed by atoms with Gasteiger partial charge < -0.3 is 29.6 Å². The van der Waals surface area contributed by atoms with Gasteiger partial charge in [0, 0.05) is 25.3 Å². The number of rotatable bonds is 7. The lowest BCUT2D eigenvalue weighted by atomic mass is 10.0. The zero-order chi connectivity index (χ0) is 29.1. The molecule has 0 unspecified atom stereocenters. The maximum Gasteiger partial charge on any atom is 0.347 e. The van der Waals surface area contributed by atoms with E-state index in [0.717, 1.165) is 0 Å². The smallest absolute Gasteiger partial charge is 0.347 e. The lowest BCUT2D eigenvalue weighted by Gasteiger charge is -2.25. The topological polar surface area (TPSA) is 137 Å². The van der Waals surface area contributed by atoms with Crippen LogP contribution in [0.25, 0.3) is 0 Å². The number of benzene rings is 1. The molecule has 1 aliphatic rings. The van der Waals surface area contributed by atoms with Crippen LogP contribution in [0.4, 0.5) is 0 Å². The standard InChI is InChI=1S/C28H37ClN2O8/c1-16(2)11-24-28(36)38-22(18(4)15-32)7-6-8-25(33)31-21(26(34)30-14-17(3)27(35)39-24)13-19-9-10-23(37-5)20(29)12-19/h6,8-10,12,15-18,21-22,24H,7,11,13-14H2,1-5H3,(H,30,34)(H,31,33)/b8-6+/t17-,18-,21-,22+,24+/m1/s1. The van der Waals surface area contributed by atoms with Crippen molar-refractivity contribution in [2.75, 3.05) is 13.7 Å². The molecule has 5 atom stereocenters. The summed E-state index contributed by atoms with van der Waals surface area (Å²) in [7, 11) is 1.49. The van der Waals surface area contributed by atoms with Crippen molar-refractivity contribution in [1.29, 1.82) is 0 Å². The van der Waals surface area contributed by atoms with Crippen molar-refractivity contribution in [2.45, 2.75) is 65.2 Å². The molecule has 10 nitrogen and oxygen atoms in total. The van der Waals surface area contributed by atoms with E-state index in [1.807, 2.05) is 13.8 Å². The highest BCUT2D eigenvalue weighted by Crippen LogP contribution is 2.25. The Morgan fingerprint density at radius 3 is 2.46 bits per heavy atom. The van der Waals surface area contributed by atoms with E-state index < -0.39 is 53.8 Å². The third-order valence-electron chi connectivity index (χ3n) is 6.19. The van der Waals surface area contributed by atoms with Crippen molar-refractivity contribution in [3.05, 3.63) is 40.9 Å². The molecule has 214 valence electrons. The molecule has 0 saturated heterocycles. The summed E-state index contributed by atoms with van der Waals surface area (Å²) < 4.78 is 16.2. The summed E-state index contributed by atoms with van der Waals surface area (Å²) in [6.45, 7) is 6.79. The second-order valence-corrected chi connectivity index (χ2v) is 10.5. The summed E-state index contributed by atoms with van der Waals surface area (Å²) >= 11 is 6.22. The van der Waals surface area contributed by atoms with E-state index in [2.05, 4.69) is 10.6 Å². The Labute approximate surface area is 233 Å². The number of amides is 2. The van der Waals surface area contributed by atoms with Crippen molar-refractivity contribution in [2.24, 2.45) is 17.8 Å². The van der Waals surface area contributed by atoms with Crippen molar-refractivity contribution < 1.29 is 38.2 Å². The highest BCUT2D eigenvalue weighted by molar-refractivity contribution is 6.32. The second kappa shape index (κ2) is 15.3. The number of hydrogen-bond donors (Lipinski definition) is 2. The molecular weight excluding hydrogens is 528 g/mol. The summed E-state index contributed by atoms with van der Waals surface area (Å²) in [5.74, 6) is -3.51. The summed E-state index contributed by atoms with van der Waals surface area (Å²) in [5.41, 5.74) is 0.676. The predicted octanol–water partition coefficient (Wildman–Crippen LogP) is 2.79. The van der Waals surface area contributed by atoms with Gasteiger partial charge in [0.2, 0.25) is 11.8 Å². The zero-order valence-corrected chi connectivity index (χ0v) is 23.7. The quantitative estimate of drug-likeness (QED) is 0.381. The molecule has 39 heavy (non-hydrogen) atoms. The summed E-state index contributed by atoms with van der Waals surface area (Å²) in [4.78, 5) is 63.0. The van der Waals surface area contributed by atoms with Crippen LogP contribution in [0.2, 0.25) is 5.02 Å². The van der Waals surface area contributed by atoms with Gasteiger partial charge in [-0.1, -0.05) is 51.4 Å². The molecule has 0 fully saturated rings. The van der Waals surface area contributed by atoms with E-state index >= 15 is 0 Å². The molecule has 2 rings (SSSR count). The summed E-state index contributed by atoms with van der Waals surface area (Å²) in [6.07, 6.45) is 1.68. The van der Waals surface area contributed by atoms with Crippen LogP contribution >= 0.6 is 11.6 Å². The molecule has 0 saturated carbocycles. The van der Waals surface area contributed by atoms with E-state index in [1.165, 1.54) is 19.3 Å². The second-order valence-electron chi connectivity index (χ2n) is 10.0. The molecule has 1 aromatic carbocycles. The van der Waals surface area contributed by atoms with E-state index in [4.69, 9.17) is 25.8 Å². The van der Waals surface area contributed by atoms with Crippen LogP contribution < -0.4 is 15.4 Å². The predicted molar refractivity (Wildman–Crippen MR) is 144 cm³/mol. The number of methoxy groups -OCH3 is 1. The number of halogens is 1. The largest absolute Gasteiger partial charge is 0.495 e. The van der Waals surface area contributed by atoms with Crippen LogP contribution in [0, 0.1) is 17.8 Å². The van der Waals surface area contributed by atoms with Gasteiger partial charge in [0.05, 0.1) is 18.1 Å². The Bertz CT molecular complexity index is 1070. The van der Waals surface area contributed by atoms with Gasteiger partial charge in [-0.25, -0.2) is 4.79 Å². The van der Waals surface area contributed by atoms with Gasteiger partial charge in [-0.15, -0.1) is 0 Å². The van der Waals surface area contributed by atoms with E-state index in [0.29, 0.717) is 22.6 Å². The SMILES string of the molecule is COc1ccc(C[C@H]2NC(=O)/C=C/C[C@@H]([C@H](C)C=O)OC(=O)[C@H](CC(C)C)OC(=O)[C@H](C)CNC2=O)cc1Cl. The van der Waals surface area contributed by atoms with Crippen molar-refractivity contribution in [1.82, 2.24) is 10.6 Å². The first-order chi connectivity index (χ1) is 18.4. The van der Waals surface area contributed by atoms with Crippen molar-refractivity contribution in [3.8, 4) is 5.75 Å². The van der Waals surface area contributed by atoms with Crippen LogP contribution in [0.3, 0.4) is 0 Å². The molecule has 0 bridgehead atoms. The van der Waals surface area contributed by atoms with Gasteiger partial charge in [-0.05, 0) is 36.1 Å². The van der Waals surface area contributed by atoms with Crippen LogP contribution in [0.1, 0.15) is 46.1 Å². The molecule has 0 radical (unpaired) electrons. The molecule has 0 aliphatic carbocycles. The number of ether oxygens (including phenoxy) is 3. The minimum Gasteiger partial charge on any atom is -0.495 e. The molecule has 1 aromatic rings. The molecule has 2 amide bonds. The fourth-order valence-corrected chi connectivity index (χ4v) is 4.11. The number of esters is 2. The third kappa shape index (κ3) is 10.0. The molecular formula is C28H37ClN2O8. The maximum absolute atomic E-state index is 13.1. The van der Waals surface area contributed by atoms with Gasteiger partial charge in [0.25, 0.3) is 0 Å². The molecule has 1 aliphatic heterocycles. The summed E-state index contributed by atoms with van der Waals surface area (Å²) in [5, 5.41) is 5.69. The molecule has 2 N–H and O–H groups in total. The number of carbonyl (C=O) groups excluding carboxylic acids is 5. The van der Waals surface area contributed by atoms with Crippen LogP contribution in [-0.2, 0) is 39.9 Å². The Morgan fingerprint density at radius 1 is 1.13 bits per heavy atom. The molecule has 0 spiro atoms. The Morgan fingerprint density at radius 2 is 1.85 bits per heavy atom. The van der Waals surface area contributed by atoms with Gasteiger partial charge in [-0.3, -0.25) is 14.4 Å². The number of hydrogen-bond acceptors (Lipinski definition) is 8. The minimum absolute atomic E-state index is 0.00806. The Hall–Kier alpha value is -3.40. The van der Waals surface area contributed by atoms with E-state index in [-0.39, 0.29) is 31.7 Å². The lowest BCUT2D eigenvalue weighted by molar-refractivity contribution is -0.176. The average molecular weight is 565 g/mol. The number of aldehydes is 1. The number of carbonyl (C=O) groups is 5. The first kappa shape index (κ1) is 31.8. The highest BCUT2D eigenvalue weighted by Gasteiger charge is 2.32. The van der Waals surface area contributed by atoms with Crippen molar-refractivity contribution in [3.63, 3.8) is 0 Å². The van der Waals surface area contributed by atoms with Gasteiger partial charge in [0.15, 0.2) is 6.10 Å². The van der Waals surface area contributed by atoms with E-state index in [1.54, 1.807) is 32.0 Å². The fraction of sp³-hybridized carbons (Fsp3) is 0.536. The van der Waals surface area contributed by atoms with Crippen LogP contribution in [-0.4, -0.2) is 61.9 Å². The Balaban J connectivity index is 2.35. The monoisotopic (exact) mass is 564 g/mol. The molecule has 1 heterocycles.